The van der Waals surface area contributed by atoms with Gasteiger partial charge in [0.05, 0.1) is 43.4 Å². The third kappa shape index (κ3) is 7.62. The number of amides is 2. The molecule has 5 rings (SSSR count). The Morgan fingerprint density at radius 1 is 1.10 bits per heavy atom. The standard InChI is InChI=1S/C31H28ClF6N5O6/c1-3-48-27-16(12-24(39)44)11-23(41-26(27)15-4-7-21(20(32)9-15)49-31(36,37)38)29(46,30(33,34)35)14-40-28(45)17-8-18-13-43(19-5-6-19)42-25(18)22(10-17)47-2/h4,7-11,13,19,46H,3,5-6,12,14H2,1-2H3,(H2,39,44)(H,40,45)/t29-/m0/s1. The van der Waals surface area contributed by atoms with Crippen LogP contribution in [-0.2, 0) is 16.8 Å². The molecule has 2 heterocycles. The fourth-order valence-corrected chi connectivity index (χ4v) is 5.27. The number of ether oxygens (including phenoxy) is 3. The molecule has 0 aliphatic heterocycles. The van der Waals surface area contributed by atoms with Gasteiger partial charge < -0.3 is 30.4 Å². The number of halogens is 7. The van der Waals surface area contributed by atoms with E-state index in [9.17, 15) is 41.0 Å². The minimum Gasteiger partial charge on any atom is -0.494 e. The zero-order chi connectivity index (χ0) is 35.9. The molecule has 0 spiro atoms. The van der Waals surface area contributed by atoms with Crippen LogP contribution in [-0.4, -0.2) is 64.5 Å². The van der Waals surface area contributed by atoms with Crippen LogP contribution in [0.15, 0.2) is 42.6 Å². The van der Waals surface area contributed by atoms with Crippen molar-refractivity contribution in [3.63, 3.8) is 0 Å². The number of fused-ring (bicyclic) bond motifs is 1. The van der Waals surface area contributed by atoms with E-state index in [4.69, 9.17) is 26.8 Å². The quantitative estimate of drug-likeness (QED) is 0.161. The number of primary amides is 1. The van der Waals surface area contributed by atoms with Gasteiger partial charge in [-0.2, -0.15) is 18.3 Å². The van der Waals surface area contributed by atoms with Gasteiger partial charge in [0.15, 0.2) is 0 Å². The number of hydrogen-bond acceptors (Lipinski definition) is 8. The van der Waals surface area contributed by atoms with E-state index in [1.54, 1.807) is 10.9 Å². The molecule has 2 aromatic heterocycles. The fraction of sp³-hybridized carbons (Fsp3) is 0.355. The van der Waals surface area contributed by atoms with Gasteiger partial charge in [-0.3, -0.25) is 14.3 Å². The number of pyridine rings is 1. The molecular weight excluding hydrogens is 688 g/mol. The number of nitrogens with zero attached hydrogens (tertiary/aromatic N) is 3. The van der Waals surface area contributed by atoms with Gasteiger partial charge >= 0.3 is 12.5 Å². The van der Waals surface area contributed by atoms with Crippen LogP contribution in [0.25, 0.3) is 22.2 Å². The maximum absolute atomic E-state index is 14.8. The number of nitrogens with two attached hydrogens (primary N) is 1. The number of benzene rings is 2. The van der Waals surface area contributed by atoms with Crippen molar-refractivity contribution in [2.75, 3.05) is 20.3 Å². The summed E-state index contributed by atoms with van der Waals surface area (Å²) in [7, 11) is 1.35. The van der Waals surface area contributed by atoms with Crippen LogP contribution in [0.2, 0.25) is 5.02 Å². The van der Waals surface area contributed by atoms with E-state index >= 15 is 0 Å². The number of methoxy groups -OCH3 is 1. The van der Waals surface area contributed by atoms with E-state index in [0.29, 0.717) is 10.9 Å². The lowest BCUT2D eigenvalue weighted by Crippen LogP contribution is -2.51. The minimum absolute atomic E-state index is 0.0875. The van der Waals surface area contributed by atoms with Gasteiger partial charge in [-0.25, -0.2) is 4.98 Å². The Labute approximate surface area is 278 Å². The van der Waals surface area contributed by atoms with Crippen molar-refractivity contribution in [1.29, 1.82) is 0 Å². The van der Waals surface area contributed by atoms with E-state index in [1.807, 2.05) is 0 Å². The van der Waals surface area contributed by atoms with Crippen LogP contribution >= 0.6 is 11.6 Å². The molecule has 1 atom stereocenters. The van der Waals surface area contributed by atoms with Crippen molar-refractivity contribution in [2.24, 2.45) is 5.73 Å². The molecule has 1 aliphatic rings. The third-order valence-corrected chi connectivity index (χ3v) is 7.82. The van der Waals surface area contributed by atoms with E-state index in [0.717, 1.165) is 37.1 Å². The summed E-state index contributed by atoms with van der Waals surface area (Å²) in [5.41, 5.74) is -0.0564. The summed E-state index contributed by atoms with van der Waals surface area (Å²) in [6.07, 6.45) is -7.72. The molecule has 0 radical (unpaired) electrons. The molecule has 2 amide bonds. The van der Waals surface area contributed by atoms with E-state index in [1.165, 1.54) is 26.2 Å². The zero-order valence-corrected chi connectivity index (χ0v) is 26.5. The van der Waals surface area contributed by atoms with E-state index in [-0.39, 0.29) is 40.8 Å². The first kappa shape index (κ1) is 35.5. The first-order valence-electron chi connectivity index (χ1n) is 14.6. The molecule has 0 saturated heterocycles. The molecule has 0 unspecified atom stereocenters. The van der Waals surface area contributed by atoms with Crippen molar-refractivity contribution in [2.45, 2.75) is 50.4 Å². The predicted octanol–water partition coefficient (Wildman–Crippen LogP) is 5.60. The highest BCUT2D eigenvalue weighted by molar-refractivity contribution is 6.32. The highest BCUT2D eigenvalue weighted by atomic mass is 35.5. The third-order valence-electron chi connectivity index (χ3n) is 7.53. The van der Waals surface area contributed by atoms with Crippen LogP contribution in [0.1, 0.15) is 47.4 Å². The van der Waals surface area contributed by atoms with Gasteiger partial charge in [-0.15, -0.1) is 13.2 Å². The Morgan fingerprint density at radius 3 is 2.39 bits per heavy atom. The summed E-state index contributed by atoms with van der Waals surface area (Å²) in [4.78, 5) is 29.2. The summed E-state index contributed by atoms with van der Waals surface area (Å²) in [5.74, 6) is -2.85. The number of carbonyl (C=O) groups is 2. The lowest BCUT2D eigenvalue weighted by atomic mass is 9.93. The summed E-state index contributed by atoms with van der Waals surface area (Å²) in [6.45, 7) is -0.0217. The highest BCUT2D eigenvalue weighted by Gasteiger charge is 2.57. The van der Waals surface area contributed by atoms with Crippen LogP contribution in [0.3, 0.4) is 0 Å². The highest BCUT2D eigenvalue weighted by Crippen LogP contribution is 2.43. The summed E-state index contributed by atoms with van der Waals surface area (Å²) < 4.78 is 99.3. The monoisotopic (exact) mass is 715 g/mol. The van der Waals surface area contributed by atoms with Crippen LogP contribution in [0.5, 0.6) is 17.2 Å². The SMILES string of the molecule is CCOc1c(CC(N)=O)cc([C@@](O)(CNC(=O)c2cc(OC)c3nn(C4CC4)cc3c2)C(F)(F)F)nc1-c1ccc(OC(F)(F)F)c(Cl)c1. The maximum atomic E-state index is 14.8. The van der Waals surface area contributed by atoms with E-state index in [2.05, 4.69) is 20.1 Å². The molecule has 2 aromatic carbocycles. The smallest absolute Gasteiger partial charge is 0.494 e. The average molecular weight is 716 g/mol. The fourth-order valence-electron chi connectivity index (χ4n) is 5.05. The minimum atomic E-state index is -5.48. The molecule has 11 nitrogen and oxygen atoms in total. The van der Waals surface area contributed by atoms with Crippen LogP contribution in [0.4, 0.5) is 26.3 Å². The molecule has 49 heavy (non-hydrogen) atoms. The van der Waals surface area contributed by atoms with Crippen LogP contribution < -0.4 is 25.3 Å². The van der Waals surface area contributed by atoms with Gasteiger partial charge in [0.1, 0.15) is 28.5 Å². The molecule has 1 aliphatic carbocycles. The van der Waals surface area contributed by atoms with Crippen molar-refractivity contribution < 1.29 is 55.2 Å². The maximum Gasteiger partial charge on any atom is 0.573 e. The Morgan fingerprint density at radius 2 is 1.82 bits per heavy atom. The zero-order valence-electron chi connectivity index (χ0n) is 25.7. The molecular formula is C31H28ClF6N5O6. The number of alkyl halides is 6. The average Bonchev–Trinajstić information content (AvgIpc) is 3.77. The Bertz CT molecular complexity index is 1910. The molecule has 262 valence electrons. The van der Waals surface area contributed by atoms with Gasteiger partial charge in [-0.05, 0) is 56.2 Å². The molecule has 4 aromatic rings. The first-order chi connectivity index (χ1) is 22.9. The second-order valence-electron chi connectivity index (χ2n) is 11.1. The second-order valence-corrected chi connectivity index (χ2v) is 11.5. The molecule has 0 bridgehead atoms. The predicted molar refractivity (Wildman–Crippen MR) is 162 cm³/mol. The number of rotatable bonds is 12. The van der Waals surface area contributed by atoms with E-state index < -0.39 is 65.1 Å². The molecule has 18 heteroatoms. The molecule has 1 fully saturated rings. The topological polar surface area (TPSA) is 151 Å². The normalized spacial score (nSPS) is 14.7. The largest absolute Gasteiger partial charge is 0.573 e. The number of aliphatic hydroxyl groups is 1. The summed E-state index contributed by atoms with van der Waals surface area (Å²) >= 11 is 6.00. The van der Waals surface area contributed by atoms with Gasteiger partial charge in [0.25, 0.3) is 5.91 Å². The summed E-state index contributed by atoms with van der Waals surface area (Å²) in [6, 6.07) is 6.40. The number of aromatic nitrogens is 3. The molecule has 4 N–H and O–H groups in total. The van der Waals surface area contributed by atoms with Crippen molar-refractivity contribution >= 4 is 34.3 Å². The first-order valence-corrected chi connectivity index (χ1v) is 15.0. The van der Waals surface area contributed by atoms with Crippen molar-refractivity contribution in [3.05, 3.63) is 64.4 Å². The van der Waals surface area contributed by atoms with Gasteiger partial charge in [-0.1, -0.05) is 11.6 Å². The number of carbonyl (C=O) groups excluding carboxylic acids is 2. The Balaban J connectivity index is 1.56. The summed E-state index contributed by atoms with van der Waals surface area (Å²) in [5, 5.41) is 17.7. The number of nitrogens with one attached hydrogen (secondary N) is 1. The van der Waals surface area contributed by atoms with Crippen molar-refractivity contribution in [3.8, 4) is 28.5 Å². The lowest BCUT2D eigenvalue weighted by molar-refractivity contribution is -0.274. The Hall–Kier alpha value is -4.77. The molecule has 1 saturated carbocycles. The van der Waals surface area contributed by atoms with Crippen LogP contribution in [0, 0.1) is 0 Å². The number of hydrogen-bond donors (Lipinski definition) is 3. The van der Waals surface area contributed by atoms with Gasteiger partial charge in [0, 0.05) is 28.3 Å². The lowest BCUT2D eigenvalue weighted by Gasteiger charge is -2.31. The second kappa shape index (κ2) is 13.3. The Kier molecular flexibility index (Phi) is 9.62. The van der Waals surface area contributed by atoms with Crippen molar-refractivity contribution in [1.82, 2.24) is 20.1 Å². The van der Waals surface area contributed by atoms with Gasteiger partial charge in [0.2, 0.25) is 11.5 Å².